The smallest absolute Gasteiger partial charge is 0.246 e. The number of piperazine rings is 1. The molecule has 0 bridgehead atoms. The number of hydrogen-bond donors (Lipinski definition) is 1. The molecule has 1 fully saturated rings. The van der Waals surface area contributed by atoms with Crippen LogP contribution in [0.25, 0.3) is 0 Å². The maximum atomic E-state index is 13.0. The summed E-state index contributed by atoms with van der Waals surface area (Å²) in [7, 11) is 5.58. The summed E-state index contributed by atoms with van der Waals surface area (Å²) in [6, 6.07) is 6.55. The fraction of sp³-hybridized carbons (Fsp3) is 0.450. The number of aliphatic imine (C=N–C) groups is 1. The summed E-state index contributed by atoms with van der Waals surface area (Å²) < 4.78 is 14.7. The largest absolute Gasteiger partial charge is 0.355 e. The lowest BCUT2D eigenvalue weighted by Crippen LogP contribution is -2.55. The summed E-state index contributed by atoms with van der Waals surface area (Å²) in [6.45, 7) is 3.80. The van der Waals surface area contributed by atoms with Gasteiger partial charge in [-0.05, 0) is 24.7 Å². The average molecular weight is 401 g/mol. The van der Waals surface area contributed by atoms with Crippen molar-refractivity contribution < 1.29 is 9.18 Å². The highest BCUT2D eigenvalue weighted by Gasteiger charge is 2.27. The van der Waals surface area contributed by atoms with Gasteiger partial charge in [-0.15, -0.1) is 0 Å². The van der Waals surface area contributed by atoms with E-state index in [1.165, 1.54) is 12.1 Å². The van der Waals surface area contributed by atoms with Crippen LogP contribution in [0.1, 0.15) is 5.56 Å². The number of likely N-dealkylation sites (N-methyl/N-ethyl adjacent to an activating group) is 1. The number of aryl methyl sites for hydroxylation is 1. The van der Waals surface area contributed by atoms with Crippen molar-refractivity contribution in [1.29, 1.82) is 0 Å². The SMILES string of the molecule is CN=C(NCCN(C)Cc1ccc(F)cc1)N1CCN(c2cnn(C)c2)C(=O)C1. The number of aromatic nitrogens is 2. The normalized spacial score (nSPS) is 15.3. The molecule has 1 amide bonds. The van der Waals surface area contributed by atoms with Gasteiger partial charge in [0.1, 0.15) is 12.4 Å². The van der Waals surface area contributed by atoms with Gasteiger partial charge in [-0.3, -0.25) is 14.5 Å². The van der Waals surface area contributed by atoms with Crippen molar-refractivity contribution in [2.75, 3.05) is 51.7 Å². The molecule has 1 aliphatic heterocycles. The predicted octanol–water partition coefficient (Wildman–Crippen LogP) is 0.915. The summed E-state index contributed by atoms with van der Waals surface area (Å²) >= 11 is 0. The van der Waals surface area contributed by atoms with Gasteiger partial charge in [0.2, 0.25) is 5.91 Å². The van der Waals surface area contributed by atoms with E-state index in [0.717, 1.165) is 30.3 Å². The van der Waals surface area contributed by atoms with Crippen LogP contribution in [0.2, 0.25) is 0 Å². The third-order valence-electron chi connectivity index (χ3n) is 4.88. The van der Waals surface area contributed by atoms with Crippen molar-refractivity contribution in [2.24, 2.45) is 12.0 Å². The second kappa shape index (κ2) is 9.51. The molecule has 1 aromatic carbocycles. The average Bonchev–Trinajstić information content (AvgIpc) is 3.13. The zero-order valence-electron chi connectivity index (χ0n) is 17.2. The Morgan fingerprint density at radius 2 is 2.07 bits per heavy atom. The van der Waals surface area contributed by atoms with Crippen molar-refractivity contribution in [2.45, 2.75) is 6.54 Å². The summed E-state index contributed by atoms with van der Waals surface area (Å²) in [5.74, 6) is 0.528. The number of carbonyl (C=O) groups is 1. The van der Waals surface area contributed by atoms with E-state index in [9.17, 15) is 9.18 Å². The lowest BCUT2D eigenvalue weighted by atomic mass is 10.2. The van der Waals surface area contributed by atoms with E-state index in [2.05, 4.69) is 20.3 Å². The standard InChI is InChI=1S/C20H28FN7O/c1-22-20(23-8-9-25(2)13-16-4-6-17(21)7-5-16)27-10-11-28(19(29)15-27)18-12-24-26(3)14-18/h4-7,12,14H,8-11,13,15H2,1-3H3,(H,22,23). The molecular weight excluding hydrogens is 373 g/mol. The Morgan fingerprint density at radius 1 is 1.31 bits per heavy atom. The minimum atomic E-state index is -0.222. The third kappa shape index (κ3) is 5.54. The maximum absolute atomic E-state index is 13.0. The van der Waals surface area contributed by atoms with Gasteiger partial charge in [0.15, 0.2) is 5.96 Å². The topological polar surface area (TPSA) is 69.0 Å². The van der Waals surface area contributed by atoms with Crippen LogP contribution in [0.15, 0.2) is 41.7 Å². The molecule has 1 N–H and O–H groups in total. The van der Waals surface area contributed by atoms with Crippen LogP contribution in [-0.2, 0) is 18.4 Å². The minimum absolute atomic E-state index is 0.0284. The number of hydrogen-bond acceptors (Lipinski definition) is 4. The highest BCUT2D eigenvalue weighted by molar-refractivity contribution is 5.98. The van der Waals surface area contributed by atoms with Gasteiger partial charge in [-0.1, -0.05) is 12.1 Å². The molecule has 29 heavy (non-hydrogen) atoms. The van der Waals surface area contributed by atoms with Gasteiger partial charge in [0.05, 0.1) is 11.9 Å². The van der Waals surface area contributed by atoms with Gasteiger partial charge < -0.3 is 20.0 Å². The number of amides is 1. The molecule has 0 aliphatic carbocycles. The van der Waals surface area contributed by atoms with Crippen LogP contribution in [0.5, 0.6) is 0 Å². The van der Waals surface area contributed by atoms with E-state index >= 15 is 0 Å². The summed E-state index contributed by atoms with van der Waals surface area (Å²) in [5.41, 5.74) is 1.89. The van der Waals surface area contributed by atoms with Crippen LogP contribution in [0.3, 0.4) is 0 Å². The molecule has 1 saturated heterocycles. The Morgan fingerprint density at radius 3 is 2.69 bits per heavy atom. The lowest BCUT2D eigenvalue weighted by molar-refractivity contribution is -0.120. The quantitative estimate of drug-likeness (QED) is 0.576. The first kappa shape index (κ1) is 20.8. The second-order valence-electron chi connectivity index (χ2n) is 7.18. The van der Waals surface area contributed by atoms with E-state index in [1.54, 1.807) is 35.0 Å². The Kier molecular flexibility index (Phi) is 6.82. The fourth-order valence-corrected chi connectivity index (χ4v) is 3.35. The van der Waals surface area contributed by atoms with Crippen molar-refractivity contribution in [1.82, 2.24) is 24.9 Å². The summed E-state index contributed by atoms with van der Waals surface area (Å²) in [5, 5.41) is 7.47. The van der Waals surface area contributed by atoms with Crippen LogP contribution in [0, 0.1) is 5.82 Å². The molecule has 156 valence electrons. The van der Waals surface area contributed by atoms with E-state index in [4.69, 9.17) is 0 Å². The molecule has 0 radical (unpaired) electrons. The molecule has 1 aliphatic rings. The third-order valence-corrected chi connectivity index (χ3v) is 4.88. The number of benzene rings is 1. The first-order valence-corrected chi connectivity index (χ1v) is 9.64. The van der Waals surface area contributed by atoms with Gasteiger partial charge in [-0.2, -0.15) is 5.10 Å². The molecule has 1 aromatic heterocycles. The molecule has 2 heterocycles. The minimum Gasteiger partial charge on any atom is -0.355 e. The number of anilines is 1. The van der Waals surface area contributed by atoms with Crippen molar-refractivity contribution in [3.63, 3.8) is 0 Å². The Balaban J connectivity index is 1.45. The highest BCUT2D eigenvalue weighted by Crippen LogP contribution is 2.16. The van der Waals surface area contributed by atoms with Gasteiger partial charge in [-0.25, -0.2) is 4.39 Å². The predicted molar refractivity (Wildman–Crippen MR) is 111 cm³/mol. The Bertz CT molecular complexity index is 849. The molecule has 0 atom stereocenters. The Labute approximate surface area is 170 Å². The van der Waals surface area contributed by atoms with Crippen molar-refractivity contribution in [3.8, 4) is 0 Å². The van der Waals surface area contributed by atoms with E-state index in [-0.39, 0.29) is 18.3 Å². The number of carbonyl (C=O) groups excluding carboxylic acids is 1. The molecule has 8 nitrogen and oxygen atoms in total. The highest BCUT2D eigenvalue weighted by atomic mass is 19.1. The molecular formula is C20H28FN7O. The van der Waals surface area contributed by atoms with E-state index in [1.807, 2.05) is 25.2 Å². The zero-order chi connectivity index (χ0) is 20.8. The second-order valence-corrected chi connectivity index (χ2v) is 7.18. The molecule has 0 unspecified atom stereocenters. The van der Waals surface area contributed by atoms with E-state index < -0.39 is 0 Å². The summed E-state index contributed by atoms with van der Waals surface area (Å²) in [6.07, 6.45) is 3.55. The molecule has 2 aromatic rings. The zero-order valence-corrected chi connectivity index (χ0v) is 17.2. The van der Waals surface area contributed by atoms with Gasteiger partial charge >= 0.3 is 0 Å². The van der Waals surface area contributed by atoms with Crippen LogP contribution in [-0.4, -0.2) is 78.3 Å². The maximum Gasteiger partial charge on any atom is 0.246 e. The van der Waals surface area contributed by atoms with Gasteiger partial charge in [0.25, 0.3) is 0 Å². The number of halogens is 1. The van der Waals surface area contributed by atoms with Gasteiger partial charge in [0, 0.05) is 53.0 Å². The number of nitrogens with zero attached hydrogens (tertiary/aromatic N) is 6. The molecule has 3 rings (SSSR count). The Hall–Kier alpha value is -2.94. The van der Waals surface area contributed by atoms with Crippen molar-refractivity contribution in [3.05, 3.63) is 48.0 Å². The lowest BCUT2D eigenvalue weighted by Gasteiger charge is -2.35. The van der Waals surface area contributed by atoms with Crippen LogP contribution < -0.4 is 10.2 Å². The van der Waals surface area contributed by atoms with Crippen LogP contribution >= 0.6 is 0 Å². The fourth-order valence-electron chi connectivity index (χ4n) is 3.35. The number of nitrogens with one attached hydrogen (secondary N) is 1. The van der Waals surface area contributed by atoms with Crippen molar-refractivity contribution >= 4 is 17.6 Å². The van der Waals surface area contributed by atoms with E-state index in [0.29, 0.717) is 19.6 Å². The molecule has 9 heteroatoms. The monoisotopic (exact) mass is 401 g/mol. The number of rotatable bonds is 6. The first-order valence-electron chi connectivity index (χ1n) is 9.64. The number of guanidine groups is 1. The summed E-state index contributed by atoms with van der Waals surface area (Å²) in [4.78, 5) is 22.8. The molecule has 0 saturated carbocycles. The molecule has 0 spiro atoms. The van der Waals surface area contributed by atoms with Crippen LogP contribution in [0.4, 0.5) is 10.1 Å². The first-order chi connectivity index (χ1) is 14.0.